The number of rotatable bonds is 13. The van der Waals surface area contributed by atoms with Gasteiger partial charge >= 0.3 is 6.09 Å². The second kappa shape index (κ2) is 16.6. The number of nitrogens with one attached hydrogen (secondary N) is 1. The van der Waals surface area contributed by atoms with Gasteiger partial charge in [0.2, 0.25) is 5.95 Å². The van der Waals surface area contributed by atoms with E-state index in [-0.39, 0.29) is 11.8 Å². The van der Waals surface area contributed by atoms with E-state index in [1.54, 1.807) is 19.4 Å². The predicted molar refractivity (Wildman–Crippen MR) is 201 cm³/mol. The quantitative estimate of drug-likeness (QED) is 0.134. The molecule has 1 aliphatic rings. The molecule has 0 bridgehead atoms. The summed E-state index contributed by atoms with van der Waals surface area (Å²) >= 11 is 6.49. The van der Waals surface area contributed by atoms with Gasteiger partial charge in [0.15, 0.2) is 11.5 Å². The molecule has 1 unspecified atom stereocenters. The highest BCUT2D eigenvalue weighted by Gasteiger charge is 2.33. The number of carbonyl (C=O) groups is 1. The van der Waals surface area contributed by atoms with Crippen molar-refractivity contribution in [1.82, 2.24) is 19.8 Å². The Hall–Kier alpha value is -4.38. The molecular formula is C39H49ClN6O4. The topological polar surface area (TPSA) is 103 Å². The molecule has 1 aliphatic heterocycles. The monoisotopic (exact) mass is 700 g/mol. The lowest BCUT2D eigenvalue weighted by molar-refractivity contribution is 0.104. The Kier molecular flexibility index (Phi) is 12.2. The molecule has 3 aromatic carbocycles. The zero-order chi connectivity index (χ0) is 35.9. The third-order valence-corrected chi connectivity index (χ3v) is 9.57. The highest BCUT2D eigenvalue weighted by molar-refractivity contribution is 6.30. The van der Waals surface area contributed by atoms with Crippen LogP contribution in [-0.4, -0.2) is 83.4 Å². The molecule has 1 saturated heterocycles. The van der Waals surface area contributed by atoms with Crippen molar-refractivity contribution in [2.24, 2.45) is 0 Å². The molecule has 2 heterocycles. The first-order valence-corrected chi connectivity index (χ1v) is 17.6. The lowest BCUT2D eigenvalue weighted by Gasteiger charge is -2.36. The second-order valence-corrected chi connectivity index (χ2v) is 13.7. The van der Waals surface area contributed by atoms with Gasteiger partial charge in [-0.3, -0.25) is 4.90 Å². The molecule has 0 saturated carbocycles. The highest BCUT2D eigenvalue weighted by Crippen LogP contribution is 2.39. The Morgan fingerprint density at radius 3 is 2.34 bits per heavy atom. The van der Waals surface area contributed by atoms with Gasteiger partial charge in [0.1, 0.15) is 5.82 Å². The SMILES string of the molecule is COc1cc(Nc2nccc(N(C(=O)O)C(c3cc(Cl)ccc3C)c3c(C)cc(C)cc3C)n2)ccc1OCCCN1CCN(C(C)C)CC1. The van der Waals surface area contributed by atoms with E-state index >= 15 is 0 Å². The molecule has 1 fully saturated rings. The van der Waals surface area contributed by atoms with Crippen molar-refractivity contribution in [3.05, 3.63) is 99.2 Å². The maximum absolute atomic E-state index is 13.2. The van der Waals surface area contributed by atoms with Crippen molar-refractivity contribution < 1.29 is 19.4 Å². The van der Waals surface area contributed by atoms with Gasteiger partial charge in [-0.15, -0.1) is 0 Å². The first-order valence-electron chi connectivity index (χ1n) is 17.2. The van der Waals surface area contributed by atoms with Gasteiger partial charge in [0, 0.05) is 61.7 Å². The number of hydrogen-bond acceptors (Lipinski definition) is 8. The van der Waals surface area contributed by atoms with Crippen LogP contribution in [0.2, 0.25) is 5.02 Å². The van der Waals surface area contributed by atoms with Gasteiger partial charge in [0.05, 0.1) is 19.8 Å². The predicted octanol–water partition coefficient (Wildman–Crippen LogP) is 8.18. The lowest BCUT2D eigenvalue weighted by Crippen LogP contribution is -2.49. The largest absolute Gasteiger partial charge is 0.493 e. The van der Waals surface area contributed by atoms with Gasteiger partial charge < -0.3 is 24.8 Å². The summed E-state index contributed by atoms with van der Waals surface area (Å²) in [5.41, 5.74) is 6.29. The van der Waals surface area contributed by atoms with Crippen molar-refractivity contribution in [3.63, 3.8) is 0 Å². The number of ether oxygens (including phenoxy) is 2. The van der Waals surface area contributed by atoms with E-state index in [4.69, 9.17) is 26.1 Å². The van der Waals surface area contributed by atoms with Crippen LogP contribution in [0, 0.1) is 27.7 Å². The Labute approximate surface area is 301 Å². The van der Waals surface area contributed by atoms with Crippen LogP contribution in [0.1, 0.15) is 59.7 Å². The summed E-state index contributed by atoms with van der Waals surface area (Å²) in [5.74, 6) is 1.68. The summed E-state index contributed by atoms with van der Waals surface area (Å²) in [7, 11) is 1.61. The normalized spacial score (nSPS) is 14.4. The maximum Gasteiger partial charge on any atom is 0.413 e. The molecule has 5 rings (SSSR count). The van der Waals surface area contributed by atoms with E-state index in [1.165, 1.54) is 4.90 Å². The van der Waals surface area contributed by atoms with Crippen molar-refractivity contribution in [1.29, 1.82) is 0 Å². The van der Waals surface area contributed by atoms with E-state index in [0.29, 0.717) is 34.9 Å². The van der Waals surface area contributed by atoms with Crippen LogP contribution in [0.15, 0.2) is 60.8 Å². The fraction of sp³-hybridized carbons (Fsp3) is 0.410. The first-order chi connectivity index (χ1) is 23.9. The zero-order valence-corrected chi connectivity index (χ0v) is 30.9. The van der Waals surface area contributed by atoms with Crippen molar-refractivity contribution in [2.45, 2.75) is 60.0 Å². The number of anilines is 3. The minimum absolute atomic E-state index is 0.219. The average molecular weight is 701 g/mol. The summed E-state index contributed by atoms with van der Waals surface area (Å²) < 4.78 is 11.8. The summed E-state index contributed by atoms with van der Waals surface area (Å²) in [6, 6.07) is 16.7. The van der Waals surface area contributed by atoms with Crippen LogP contribution in [0.25, 0.3) is 0 Å². The maximum atomic E-state index is 13.2. The Balaban J connectivity index is 1.35. The van der Waals surface area contributed by atoms with Crippen LogP contribution in [0.4, 0.5) is 22.2 Å². The van der Waals surface area contributed by atoms with Crippen LogP contribution < -0.4 is 19.7 Å². The fourth-order valence-electron chi connectivity index (χ4n) is 6.80. The summed E-state index contributed by atoms with van der Waals surface area (Å²) in [5, 5.41) is 14.5. The Morgan fingerprint density at radius 1 is 0.960 bits per heavy atom. The van der Waals surface area contributed by atoms with Gasteiger partial charge in [0.25, 0.3) is 0 Å². The first kappa shape index (κ1) is 36.9. The number of aryl methyl sites for hydroxylation is 4. The summed E-state index contributed by atoms with van der Waals surface area (Å²) in [6.07, 6.45) is 1.32. The smallest absolute Gasteiger partial charge is 0.413 e. The third-order valence-electron chi connectivity index (χ3n) is 9.33. The minimum atomic E-state index is -1.15. The van der Waals surface area contributed by atoms with E-state index in [9.17, 15) is 9.90 Å². The van der Waals surface area contributed by atoms with E-state index in [0.717, 1.165) is 72.5 Å². The Morgan fingerprint density at radius 2 is 1.68 bits per heavy atom. The molecule has 1 atom stereocenters. The molecule has 4 aromatic rings. The minimum Gasteiger partial charge on any atom is -0.493 e. The number of methoxy groups -OCH3 is 1. The number of nitrogens with zero attached hydrogens (tertiary/aromatic N) is 5. The molecule has 10 nitrogen and oxygen atoms in total. The molecule has 50 heavy (non-hydrogen) atoms. The molecule has 1 aromatic heterocycles. The average Bonchev–Trinajstić information content (AvgIpc) is 3.07. The molecule has 0 radical (unpaired) electrons. The van der Waals surface area contributed by atoms with Gasteiger partial charge in [-0.2, -0.15) is 4.98 Å². The zero-order valence-electron chi connectivity index (χ0n) is 30.2. The highest BCUT2D eigenvalue weighted by atomic mass is 35.5. The molecule has 11 heteroatoms. The molecule has 0 spiro atoms. The van der Waals surface area contributed by atoms with Gasteiger partial charge in [-0.1, -0.05) is 35.4 Å². The lowest BCUT2D eigenvalue weighted by atomic mass is 9.87. The van der Waals surface area contributed by atoms with Gasteiger partial charge in [-0.25, -0.2) is 14.7 Å². The van der Waals surface area contributed by atoms with Crippen molar-refractivity contribution in [3.8, 4) is 11.5 Å². The summed E-state index contributed by atoms with van der Waals surface area (Å²) in [6.45, 7) is 18.5. The third kappa shape index (κ3) is 8.85. The molecule has 266 valence electrons. The van der Waals surface area contributed by atoms with Crippen molar-refractivity contribution >= 4 is 35.1 Å². The van der Waals surface area contributed by atoms with Crippen LogP contribution in [-0.2, 0) is 0 Å². The molecule has 0 aliphatic carbocycles. The number of halogens is 1. The summed E-state index contributed by atoms with van der Waals surface area (Å²) in [4.78, 5) is 28.6. The fourth-order valence-corrected chi connectivity index (χ4v) is 6.98. The molecule has 1 amide bonds. The number of aromatic nitrogens is 2. The molecule has 2 N–H and O–H groups in total. The number of piperazine rings is 1. The second-order valence-electron chi connectivity index (χ2n) is 13.3. The van der Waals surface area contributed by atoms with Crippen LogP contribution in [0.3, 0.4) is 0 Å². The number of amides is 1. The van der Waals surface area contributed by atoms with E-state index in [1.807, 2.05) is 64.1 Å². The van der Waals surface area contributed by atoms with E-state index < -0.39 is 12.1 Å². The van der Waals surface area contributed by atoms with Crippen LogP contribution >= 0.6 is 11.6 Å². The Bertz CT molecular complexity index is 1770. The van der Waals surface area contributed by atoms with Crippen molar-refractivity contribution in [2.75, 3.05) is 56.7 Å². The van der Waals surface area contributed by atoms with Gasteiger partial charge in [-0.05, 0) is 106 Å². The van der Waals surface area contributed by atoms with Crippen LogP contribution in [0.5, 0.6) is 11.5 Å². The number of carboxylic acid groups (broad SMARTS) is 1. The van der Waals surface area contributed by atoms with E-state index in [2.05, 4.69) is 46.1 Å². The standard InChI is InChI=1S/C39H49ClN6O4/c1-25(2)45-18-16-44(17-19-45)15-8-20-50-33-12-11-31(24-34(33)49-7)42-38-41-14-13-35(43-38)46(39(47)48)37(32-23-30(40)10-9-27(32)4)36-28(5)21-26(3)22-29(36)6/h9-14,21-25,37H,8,15-20H2,1-7H3,(H,47,48)(H,41,42,43). The number of hydrogen-bond donors (Lipinski definition) is 2. The molecular weight excluding hydrogens is 652 g/mol. The number of benzene rings is 3.